The van der Waals surface area contributed by atoms with E-state index in [1.54, 1.807) is 29.6 Å². The van der Waals surface area contributed by atoms with Crippen LogP contribution in [0.1, 0.15) is 33.6 Å². The second-order valence-corrected chi connectivity index (χ2v) is 8.24. The second kappa shape index (κ2) is 10.7. The Morgan fingerprint density at radius 2 is 1.97 bits per heavy atom. The summed E-state index contributed by atoms with van der Waals surface area (Å²) < 4.78 is 0. The number of imidazole rings is 1. The van der Waals surface area contributed by atoms with E-state index in [0.717, 1.165) is 16.8 Å². The predicted molar refractivity (Wildman–Crippen MR) is 126 cm³/mol. The molecule has 1 aromatic heterocycles. The molecule has 1 unspecified atom stereocenters. The molecule has 176 valence electrons. The van der Waals surface area contributed by atoms with E-state index < -0.39 is 12.0 Å². The molecule has 0 saturated heterocycles. The smallest absolute Gasteiger partial charge is 0.305 e. The van der Waals surface area contributed by atoms with Gasteiger partial charge >= 0.3 is 5.97 Å². The number of carbonyl (C=O) groups excluding carboxylic acids is 2. The van der Waals surface area contributed by atoms with Crippen LogP contribution in [0.5, 0.6) is 0 Å². The number of aromatic amines is 1. The number of hydrogen-bond acceptors (Lipinski definition) is 5. The van der Waals surface area contributed by atoms with Crippen molar-refractivity contribution in [2.75, 3.05) is 18.4 Å². The number of fused-ring (bicyclic) bond motifs is 1. The number of nitrogens with zero attached hydrogens (tertiary/aromatic N) is 2. The van der Waals surface area contributed by atoms with E-state index in [4.69, 9.17) is 0 Å². The summed E-state index contributed by atoms with van der Waals surface area (Å²) in [4.78, 5) is 45.9. The van der Waals surface area contributed by atoms with Crippen molar-refractivity contribution in [2.24, 2.45) is 0 Å². The third-order valence-electron chi connectivity index (χ3n) is 5.80. The van der Waals surface area contributed by atoms with Crippen molar-refractivity contribution in [3.63, 3.8) is 0 Å². The van der Waals surface area contributed by atoms with Crippen LogP contribution in [0, 0.1) is 0 Å². The van der Waals surface area contributed by atoms with Gasteiger partial charge in [0, 0.05) is 49.2 Å². The van der Waals surface area contributed by atoms with Gasteiger partial charge in [0.2, 0.25) is 5.91 Å². The number of carboxylic acids is 1. The monoisotopic (exact) mass is 461 g/mol. The van der Waals surface area contributed by atoms with E-state index in [-0.39, 0.29) is 18.2 Å². The molecule has 1 aliphatic rings. The fourth-order valence-corrected chi connectivity index (χ4v) is 3.99. The summed E-state index contributed by atoms with van der Waals surface area (Å²) in [5, 5.41) is 15.3. The predicted octanol–water partition coefficient (Wildman–Crippen LogP) is 2.22. The average molecular weight is 462 g/mol. The Hall–Kier alpha value is -4.14. The fraction of sp³-hybridized carbons (Fsp3) is 0.280. The number of H-pyrrole nitrogens is 1. The molecule has 9 heteroatoms. The minimum absolute atomic E-state index is 0.240. The highest BCUT2D eigenvalue weighted by atomic mass is 16.4. The van der Waals surface area contributed by atoms with Crippen molar-refractivity contribution < 1.29 is 19.5 Å². The number of hydrogen-bond donors (Lipinski definition) is 4. The van der Waals surface area contributed by atoms with E-state index in [1.807, 2.05) is 36.4 Å². The van der Waals surface area contributed by atoms with Gasteiger partial charge in [-0.1, -0.05) is 36.4 Å². The number of carbonyl (C=O) groups is 3. The van der Waals surface area contributed by atoms with Crippen LogP contribution >= 0.6 is 0 Å². The molecular formula is C25H27N5O4. The van der Waals surface area contributed by atoms with E-state index in [0.29, 0.717) is 43.7 Å². The standard InChI is InChI=1S/C25H27N5O4/c31-23(32)13-22-25(34)30(11-9-17-4-2-1-3-5-17)15-19-7-6-18(12-21(19)29-22)24(33)27-10-8-20-14-26-16-28-20/h1-7,12,14,16,22,29H,8-11,13,15H2,(H,26,28)(H,27,33)(H,31,32). The minimum atomic E-state index is -1.06. The molecule has 4 N–H and O–H groups in total. The highest BCUT2D eigenvalue weighted by Crippen LogP contribution is 2.26. The SMILES string of the molecule is O=C(O)CC1Nc2cc(C(=O)NCCc3cnc[nH]3)ccc2CN(CCc2ccccc2)C1=O. The zero-order valence-electron chi connectivity index (χ0n) is 18.7. The van der Waals surface area contributed by atoms with Crippen molar-refractivity contribution in [3.05, 3.63) is 83.4 Å². The van der Waals surface area contributed by atoms with Gasteiger partial charge in [-0.05, 0) is 29.7 Å². The van der Waals surface area contributed by atoms with E-state index >= 15 is 0 Å². The molecule has 0 radical (unpaired) electrons. The van der Waals surface area contributed by atoms with Crippen LogP contribution < -0.4 is 10.6 Å². The number of anilines is 1. The summed E-state index contributed by atoms with van der Waals surface area (Å²) >= 11 is 0. The molecule has 2 aromatic carbocycles. The van der Waals surface area contributed by atoms with Gasteiger partial charge in [-0.2, -0.15) is 0 Å². The lowest BCUT2D eigenvalue weighted by atomic mass is 10.1. The van der Waals surface area contributed by atoms with Crippen molar-refractivity contribution >= 4 is 23.5 Å². The molecule has 34 heavy (non-hydrogen) atoms. The number of amides is 2. The summed E-state index contributed by atoms with van der Waals surface area (Å²) in [6.45, 7) is 1.25. The van der Waals surface area contributed by atoms with Crippen LogP contribution in [0.3, 0.4) is 0 Å². The van der Waals surface area contributed by atoms with Gasteiger partial charge in [-0.15, -0.1) is 0 Å². The molecule has 2 heterocycles. The third kappa shape index (κ3) is 5.80. The Morgan fingerprint density at radius 1 is 1.15 bits per heavy atom. The topological polar surface area (TPSA) is 127 Å². The second-order valence-electron chi connectivity index (χ2n) is 8.24. The first-order valence-electron chi connectivity index (χ1n) is 11.2. The Balaban J connectivity index is 1.48. The third-order valence-corrected chi connectivity index (χ3v) is 5.80. The first kappa shape index (κ1) is 23.0. The van der Waals surface area contributed by atoms with Crippen LogP contribution in [-0.4, -0.2) is 56.9 Å². The van der Waals surface area contributed by atoms with Crippen molar-refractivity contribution in [2.45, 2.75) is 31.8 Å². The fourth-order valence-electron chi connectivity index (χ4n) is 3.99. The molecular weight excluding hydrogens is 434 g/mol. The Kier molecular flexibility index (Phi) is 7.22. The average Bonchev–Trinajstić information content (AvgIpc) is 3.31. The van der Waals surface area contributed by atoms with Gasteiger partial charge in [0.1, 0.15) is 6.04 Å². The highest BCUT2D eigenvalue weighted by molar-refractivity contribution is 5.96. The number of benzene rings is 2. The molecule has 0 spiro atoms. The van der Waals surface area contributed by atoms with Gasteiger partial charge in [-0.25, -0.2) is 4.98 Å². The number of aliphatic carboxylic acids is 1. The van der Waals surface area contributed by atoms with Gasteiger partial charge in [0.05, 0.1) is 12.7 Å². The number of aromatic nitrogens is 2. The molecule has 4 rings (SSSR count). The molecule has 2 amide bonds. The lowest BCUT2D eigenvalue weighted by Crippen LogP contribution is -2.42. The van der Waals surface area contributed by atoms with Crippen LogP contribution in [0.15, 0.2) is 61.1 Å². The molecule has 0 fully saturated rings. The van der Waals surface area contributed by atoms with Crippen LogP contribution in [0.25, 0.3) is 0 Å². The lowest BCUT2D eigenvalue weighted by molar-refractivity contribution is -0.141. The molecule has 9 nitrogen and oxygen atoms in total. The number of carboxylic acid groups (broad SMARTS) is 1. The Labute approximate surface area is 197 Å². The molecule has 0 saturated carbocycles. The lowest BCUT2D eigenvalue weighted by Gasteiger charge is -2.24. The summed E-state index contributed by atoms with van der Waals surface area (Å²) in [7, 11) is 0. The molecule has 1 aliphatic heterocycles. The first-order valence-corrected chi connectivity index (χ1v) is 11.2. The number of rotatable bonds is 9. The number of nitrogens with one attached hydrogen (secondary N) is 3. The minimum Gasteiger partial charge on any atom is -0.481 e. The van der Waals surface area contributed by atoms with Gasteiger partial charge in [0.15, 0.2) is 0 Å². The van der Waals surface area contributed by atoms with Crippen molar-refractivity contribution in [1.82, 2.24) is 20.2 Å². The summed E-state index contributed by atoms with van der Waals surface area (Å²) in [5.74, 6) is -1.57. The van der Waals surface area contributed by atoms with E-state index in [1.165, 1.54) is 0 Å². The molecule has 1 atom stereocenters. The molecule has 0 aliphatic carbocycles. The Bertz CT molecular complexity index is 1150. The Morgan fingerprint density at radius 3 is 2.71 bits per heavy atom. The maximum atomic E-state index is 13.2. The van der Waals surface area contributed by atoms with Crippen LogP contribution in [0.2, 0.25) is 0 Å². The van der Waals surface area contributed by atoms with Gasteiger partial charge in [-0.3, -0.25) is 14.4 Å². The normalized spacial score (nSPS) is 15.2. The summed E-state index contributed by atoms with van der Waals surface area (Å²) in [6, 6.07) is 14.2. The zero-order valence-corrected chi connectivity index (χ0v) is 18.7. The molecule has 0 bridgehead atoms. The quantitative estimate of drug-likeness (QED) is 0.387. The van der Waals surface area contributed by atoms with Crippen molar-refractivity contribution in [3.8, 4) is 0 Å². The van der Waals surface area contributed by atoms with E-state index in [2.05, 4.69) is 20.6 Å². The van der Waals surface area contributed by atoms with Crippen LogP contribution in [-0.2, 0) is 29.0 Å². The van der Waals surface area contributed by atoms with Crippen LogP contribution in [0.4, 0.5) is 5.69 Å². The summed E-state index contributed by atoms with van der Waals surface area (Å²) in [6.07, 6.45) is 4.24. The first-order chi connectivity index (χ1) is 16.5. The largest absolute Gasteiger partial charge is 0.481 e. The summed E-state index contributed by atoms with van der Waals surface area (Å²) in [5.41, 5.74) is 3.90. The zero-order chi connectivity index (χ0) is 23.9. The maximum absolute atomic E-state index is 13.2. The van der Waals surface area contributed by atoms with Crippen molar-refractivity contribution in [1.29, 1.82) is 0 Å². The van der Waals surface area contributed by atoms with Gasteiger partial charge < -0.3 is 25.6 Å². The maximum Gasteiger partial charge on any atom is 0.305 e. The van der Waals surface area contributed by atoms with Gasteiger partial charge in [0.25, 0.3) is 5.91 Å². The van der Waals surface area contributed by atoms with E-state index in [9.17, 15) is 19.5 Å². The molecule has 3 aromatic rings. The highest BCUT2D eigenvalue weighted by Gasteiger charge is 2.31.